The summed E-state index contributed by atoms with van der Waals surface area (Å²) >= 11 is 0. The molecule has 0 unspecified atom stereocenters. The molecule has 0 rings (SSSR count). The van der Waals surface area contributed by atoms with Crippen LogP contribution in [0.1, 0.15) is 6.92 Å². The first-order chi connectivity index (χ1) is 4.66. The Morgan fingerprint density at radius 1 is 1.50 bits per heavy atom. The predicted molar refractivity (Wildman–Crippen MR) is 42.0 cm³/mol. The summed E-state index contributed by atoms with van der Waals surface area (Å²) in [6.45, 7) is 1.66. The molecule has 0 saturated heterocycles. The SMILES string of the molecule is CC(/C=C\C=N)=C\[SH](=O)=O. The molecule has 0 aliphatic carbocycles. The van der Waals surface area contributed by atoms with Crippen LogP contribution >= 0.6 is 0 Å². The molecule has 1 N–H and O–H groups in total. The van der Waals surface area contributed by atoms with E-state index in [2.05, 4.69) is 0 Å². The summed E-state index contributed by atoms with van der Waals surface area (Å²) in [5.41, 5.74) is 0.625. The topological polar surface area (TPSA) is 58.0 Å². The molecule has 3 nitrogen and oxygen atoms in total. The number of hydrogen-bond acceptors (Lipinski definition) is 3. The summed E-state index contributed by atoms with van der Waals surface area (Å²) in [6.07, 6.45) is 4.11. The summed E-state index contributed by atoms with van der Waals surface area (Å²) in [4.78, 5) is 0. The maximum absolute atomic E-state index is 10.0. The lowest BCUT2D eigenvalue weighted by Crippen LogP contribution is -1.71. The maximum Gasteiger partial charge on any atom is 0.161 e. The zero-order valence-electron chi connectivity index (χ0n) is 5.57. The number of thiol groups is 1. The molecule has 0 aliphatic heterocycles. The Kier molecular flexibility index (Phi) is 4.49. The van der Waals surface area contributed by atoms with E-state index in [1.807, 2.05) is 0 Å². The largest absolute Gasteiger partial charge is 0.309 e. The smallest absolute Gasteiger partial charge is 0.161 e. The number of rotatable bonds is 3. The molecule has 0 aromatic rings. The summed E-state index contributed by atoms with van der Waals surface area (Å²) in [5.74, 6) is 0. The van der Waals surface area contributed by atoms with Gasteiger partial charge in [0, 0.05) is 11.6 Å². The van der Waals surface area contributed by atoms with Gasteiger partial charge in [0.1, 0.15) is 0 Å². The number of hydrogen-bond donors (Lipinski definition) is 2. The van der Waals surface area contributed by atoms with Crippen LogP contribution in [0.2, 0.25) is 0 Å². The highest BCUT2D eigenvalue weighted by Crippen LogP contribution is 1.92. The van der Waals surface area contributed by atoms with Crippen molar-refractivity contribution in [2.75, 3.05) is 0 Å². The Morgan fingerprint density at radius 2 is 2.10 bits per heavy atom. The van der Waals surface area contributed by atoms with E-state index in [0.29, 0.717) is 5.57 Å². The van der Waals surface area contributed by atoms with Gasteiger partial charge in [-0.2, -0.15) is 0 Å². The Labute approximate surface area is 61.5 Å². The second-order valence-corrected chi connectivity index (χ2v) is 2.51. The highest BCUT2D eigenvalue weighted by Gasteiger charge is 1.79. The highest BCUT2D eigenvalue weighted by atomic mass is 32.2. The molecule has 0 amide bonds. The van der Waals surface area contributed by atoms with E-state index in [-0.39, 0.29) is 0 Å². The van der Waals surface area contributed by atoms with Crippen LogP contribution in [-0.4, -0.2) is 14.6 Å². The van der Waals surface area contributed by atoms with E-state index < -0.39 is 10.7 Å². The monoisotopic (exact) mass is 159 g/mol. The van der Waals surface area contributed by atoms with Crippen LogP contribution in [-0.2, 0) is 10.7 Å². The van der Waals surface area contributed by atoms with E-state index in [9.17, 15) is 8.42 Å². The summed E-state index contributed by atoms with van der Waals surface area (Å²) in [6, 6.07) is 0. The van der Waals surface area contributed by atoms with Crippen molar-refractivity contribution in [3.63, 3.8) is 0 Å². The summed E-state index contributed by atoms with van der Waals surface area (Å²) in [5, 5.41) is 7.71. The summed E-state index contributed by atoms with van der Waals surface area (Å²) in [7, 11) is -2.44. The fraction of sp³-hybridized carbons (Fsp3) is 0.167. The van der Waals surface area contributed by atoms with Crippen molar-refractivity contribution in [3.8, 4) is 0 Å². The van der Waals surface area contributed by atoms with Gasteiger partial charge in [0.2, 0.25) is 0 Å². The van der Waals surface area contributed by atoms with Gasteiger partial charge in [-0.1, -0.05) is 6.08 Å². The van der Waals surface area contributed by atoms with Crippen LogP contribution in [0.5, 0.6) is 0 Å². The average Bonchev–Trinajstić information content (AvgIpc) is 1.82. The van der Waals surface area contributed by atoms with Gasteiger partial charge in [0.15, 0.2) is 10.7 Å². The lowest BCUT2D eigenvalue weighted by molar-refractivity contribution is 0.621. The standard InChI is InChI=1S/C6H9NO2S/c1-6(3-2-4-7)5-10(8)9/h2-5,7,10H,1H3/b3-2-,6-5+,7-4?. The summed E-state index contributed by atoms with van der Waals surface area (Å²) < 4.78 is 20.1. The number of allylic oxidation sites excluding steroid dienone is 3. The Hall–Kier alpha value is -0.900. The molecule has 0 saturated carbocycles. The maximum atomic E-state index is 10.0. The van der Waals surface area contributed by atoms with Crippen molar-refractivity contribution >= 4 is 16.9 Å². The first-order valence-corrected chi connectivity index (χ1v) is 3.90. The molecule has 0 radical (unpaired) electrons. The minimum Gasteiger partial charge on any atom is -0.309 e. The van der Waals surface area contributed by atoms with Crippen molar-refractivity contribution < 1.29 is 8.42 Å². The Bertz CT molecular complexity index is 230. The third-order valence-electron chi connectivity index (χ3n) is 0.764. The molecule has 0 aliphatic rings. The minimum atomic E-state index is -2.44. The van der Waals surface area contributed by atoms with Crippen LogP contribution in [0, 0.1) is 5.41 Å². The Balaban J connectivity index is 4.20. The third kappa shape index (κ3) is 5.24. The average molecular weight is 159 g/mol. The van der Waals surface area contributed by atoms with E-state index in [1.165, 1.54) is 6.08 Å². The molecular weight excluding hydrogens is 150 g/mol. The zero-order valence-corrected chi connectivity index (χ0v) is 6.47. The second kappa shape index (κ2) is 4.93. The predicted octanol–water partition coefficient (Wildman–Crippen LogP) is 0.707. The molecule has 0 aromatic heterocycles. The molecule has 0 aromatic carbocycles. The molecule has 56 valence electrons. The van der Waals surface area contributed by atoms with Crippen molar-refractivity contribution in [2.24, 2.45) is 0 Å². The van der Waals surface area contributed by atoms with E-state index >= 15 is 0 Å². The zero-order chi connectivity index (χ0) is 7.98. The second-order valence-electron chi connectivity index (χ2n) is 1.68. The van der Waals surface area contributed by atoms with Crippen molar-refractivity contribution in [1.29, 1.82) is 5.41 Å². The molecule has 0 atom stereocenters. The first-order valence-electron chi connectivity index (χ1n) is 2.66. The van der Waals surface area contributed by atoms with Crippen LogP contribution < -0.4 is 0 Å². The van der Waals surface area contributed by atoms with Gasteiger partial charge in [-0.25, -0.2) is 8.42 Å². The van der Waals surface area contributed by atoms with Crippen molar-refractivity contribution in [3.05, 3.63) is 23.1 Å². The number of nitrogens with one attached hydrogen (secondary N) is 1. The normalized spacial score (nSPS) is 12.8. The van der Waals surface area contributed by atoms with Crippen LogP contribution in [0.3, 0.4) is 0 Å². The Morgan fingerprint density at radius 3 is 2.50 bits per heavy atom. The molecule has 0 fully saturated rings. The van der Waals surface area contributed by atoms with Crippen LogP contribution in [0.15, 0.2) is 23.1 Å². The van der Waals surface area contributed by atoms with E-state index in [0.717, 1.165) is 11.6 Å². The van der Waals surface area contributed by atoms with Gasteiger partial charge in [0.05, 0.1) is 0 Å². The van der Waals surface area contributed by atoms with Gasteiger partial charge in [-0.15, -0.1) is 0 Å². The van der Waals surface area contributed by atoms with Crippen LogP contribution in [0.4, 0.5) is 0 Å². The molecule has 0 bridgehead atoms. The van der Waals surface area contributed by atoms with Gasteiger partial charge in [-0.3, -0.25) is 0 Å². The molecular formula is C6H9NO2S. The fourth-order valence-corrected chi connectivity index (χ4v) is 0.828. The molecule has 10 heavy (non-hydrogen) atoms. The molecule has 4 heteroatoms. The van der Waals surface area contributed by atoms with Gasteiger partial charge in [0.25, 0.3) is 0 Å². The molecule has 0 spiro atoms. The lowest BCUT2D eigenvalue weighted by atomic mass is 10.3. The van der Waals surface area contributed by atoms with E-state index in [4.69, 9.17) is 5.41 Å². The van der Waals surface area contributed by atoms with Gasteiger partial charge < -0.3 is 5.41 Å². The van der Waals surface area contributed by atoms with Crippen LogP contribution in [0.25, 0.3) is 0 Å². The fourth-order valence-electron chi connectivity index (χ4n) is 0.409. The van der Waals surface area contributed by atoms with Crippen molar-refractivity contribution in [2.45, 2.75) is 6.92 Å². The van der Waals surface area contributed by atoms with Gasteiger partial charge in [-0.05, 0) is 18.6 Å². The first kappa shape index (κ1) is 9.10. The van der Waals surface area contributed by atoms with Crippen molar-refractivity contribution in [1.82, 2.24) is 0 Å². The third-order valence-corrected chi connectivity index (χ3v) is 1.38. The van der Waals surface area contributed by atoms with Gasteiger partial charge >= 0.3 is 0 Å². The molecule has 0 heterocycles. The van der Waals surface area contributed by atoms with E-state index in [1.54, 1.807) is 13.0 Å². The highest BCUT2D eigenvalue weighted by molar-refractivity contribution is 7.75. The quantitative estimate of drug-likeness (QED) is 0.362. The minimum absolute atomic E-state index is 0.625. The lowest BCUT2D eigenvalue weighted by Gasteiger charge is -1.82.